The number of ether oxygens (including phenoxy) is 2. The Morgan fingerprint density at radius 3 is 1.40 bits per heavy atom. The lowest BCUT2D eigenvalue weighted by Gasteiger charge is -2.37. The fourth-order valence-corrected chi connectivity index (χ4v) is 7.24. The van der Waals surface area contributed by atoms with Crippen molar-refractivity contribution < 1.29 is 43.3 Å². The van der Waals surface area contributed by atoms with Crippen molar-refractivity contribution >= 4 is 47.4 Å². The predicted octanol–water partition coefficient (Wildman–Crippen LogP) is 6.57. The van der Waals surface area contributed by atoms with E-state index in [4.69, 9.17) is 9.47 Å². The highest BCUT2D eigenvalue weighted by molar-refractivity contribution is 5.85. The van der Waals surface area contributed by atoms with Crippen LogP contribution in [0.5, 0.6) is 0 Å². The number of rotatable bonds is 14. The molecule has 1 atom stereocenters. The molecule has 364 valence electrons. The highest BCUT2D eigenvalue weighted by atomic mass is 16.6. The van der Waals surface area contributed by atoms with E-state index in [1.807, 2.05) is 29.2 Å². The molecule has 2 fully saturated rings. The minimum absolute atomic E-state index is 0.0717. The topological polar surface area (TPSA) is 185 Å². The van der Waals surface area contributed by atoms with E-state index in [0.29, 0.717) is 109 Å². The van der Waals surface area contributed by atoms with Gasteiger partial charge in [-0.25, -0.2) is 19.2 Å². The molecule has 2 saturated heterocycles. The number of carbonyl (C=O) groups is 6. The molecule has 2 aliphatic rings. The molecule has 8 amide bonds. The maximum absolute atomic E-state index is 13.1. The van der Waals surface area contributed by atoms with Gasteiger partial charge in [-0.15, -0.1) is 0 Å². The molecule has 2 aromatic carbocycles. The summed E-state index contributed by atoms with van der Waals surface area (Å²) < 4.78 is 10.6. The molecule has 67 heavy (non-hydrogen) atoms. The third kappa shape index (κ3) is 19.1. The average Bonchev–Trinajstić information content (AvgIpc) is 3.27. The van der Waals surface area contributed by atoms with Gasteiger partial charge >= 0.3 is 24.2 Å². The number of hydrogen-bond donors (Lipinski definition) is 3. The molecule has 3 N–H and O–H groups in total. The van der Waals surface area contributed by atoms with E-state index in [1.165, 1.54) is 0 Å². The van der Waals surface area contributed by atoms with Crippen molar-refractivity contribution in [2.45, 2.75) is 117 Å². The summed E-state index contributed by atoms with van der Waals surface area (Å²) >= 11 is 0. The largest absolute Gasteiger partial charge is 0.444 e. The molecule has 0 aromatic heterocycles. The van der Waals surface area contributed by atoms with E-state index in [2.05, 4.69) is 34.3 Å². The summed E-state index contributed by atoms with van der Waals surface area (Å²) in [6.45, 7) is 14.8. The second kappa shape index (κ2) is 25.4. The fourth-order valence-electron chi connectivity index (χ4n) is 7.24. The smallest absolute Gasteiger partial charge is 0.412 e. The molecule has 17 nitrogen and oxygen atoms in total. The molecule has 17 heteroatoms. The fraction of sp³-hybridized carbons (Fsp3) is 0.560. The van der Waals surface area contributed by atoms with Crippen LogP contribution in [0.1, 0.15) is 97.6 Å². The van der Waals surface area contributed by atoms with Crippen LogP contribution in [0.4, 0.5) is 30.6 Å². The van der Waals surface area contributed by atoms with Gasteiger partial charge in [0.05, 0.1) is 0 Å². The molecule has 0 bridgehead atoms. The summed E-state index contributed by atoms with van der Waals surface area (Å²) in [5.74, 6) is 11.4. The maximum Gasteiger partial charge on any atom is 0.412 e. The Morgan fingerprint density at radius 2 is 0.985 bits per heavy atom. The average molecular weight is 927 g/mol. The minimum Gasteiger partial charge on any atom is -0.444 e. The first kappa shape index (κ1) is 53.2. The maximum atomic E-state index is 13.1. The zero-order valence-corrected chi connectivity index (χ0v) is 40.6. The second-order valence-electron chi connectivity index (χ2n) is 18.8. The van der Waals surface area contributed by atoms with Crippen molar-refractivity contribution in [3.8, 4) is 23.7 Å². The molecule has 0 saturated carbocycles. The van der Waals surface area contributed by atoms with Crippen LogP contribution in [0.3, 0.4) is 0 Å². The van der Waals surface area contributed by atoms with Crippen LogP contribution in [0.2, 0.25) is 0 Å². The molecule has 2 heterocycles. The van der Waals surface area contributed by atoms with Gasteiger partial charge in [-0.1, -0.05) is 36.1 Å². The number of piperazine rings is 2. The lowest BCUT2D eigenvalue weighted by molar-refractivity contribution is -0.142. The van der Waals surface area contributed by atoms with Gasteiger partial charge in [-0.05, 0) is 114 Å². The SMILES string of the molecule is CN(Cc1ccc(NC(=O)OC(C)(C)C)cc1)C(=O)N1CCN(C(=O)CCCCC#CC#CCCCC(O)C(=O)N2CCN(C(=O)N(C)Cc3ccc(NC(=O)OC(C)(C)C)cc3)CC2)CC1. The van der Waals surface area contributed by atoms with E-state index >= 15 is 0 Å². The number of hydrogen-bond acceptors (Lipinski definition) is 9. The summed E-state index contributed by atoms with van der Waals surface area (Å²) in [6, 6.07) is 14.2. The molecule has 4 rings (SSSR count). The van der Waals surface area contributed by atoms with Crippen molar-refractivity contribution in [3.63, 3.8) is 0 Å². The standard InChI is InChI=1S/C50H70N8O9/c1-49(2,3)66-45(62)51-40-24-20-38(21-25-40)36-53(7)47(64)57-32-28-55(29-33-57)43(60)19-17-15-13-11-9-10-12-14-16-18-42(59)44(61)56-30-34-58(35-31-56)48(65)54(8)37-39-22-26-41(27-23-39)52-46(63)67-50(4,5)6/h20-27,42,59H,13-19,28-37H2,1-8H3,(H,51,62)(H,52,63). The first-order chi connectivity index (χ1) is 31.7. The van der Waals surface area contributed by atoms with Crippen LogP contribution in [0, 0.1) is 23.7 Å². The predicted molar refractivity (Wildman–Crippen MR) is 257 cm³/mol. The molecular formula is C50H70N8O9. The highest BCUT2D eigenvalue weighted by Gasteiger charge is 2.29. The molecule has 2 aromatic rings. The number of amides is 8. The molecule has 2 aliphatic heterocycles. The molecule has 0 aliphatic carbocycles. The number of unbranched alkanes of at least 4 members (excludes halogenated alkanes) is 3. The first-order valence-electron chi connectivity index (χ1n) is 23.1. The van der Waals surface area contributed by atoms with Gasteiger partial charge in [0, 0.05) is 110 Å². The Balaban J connectivity index is 1.02. The quantitative estimate of drug-likeness (QED) is 0.139. The molecular weight excluding hydrogens is 857 g/mol. The van der Waals surface area contributed by atoms with E-state index in [0.717, 1.165) is 17.5 Å². The van der Waals surface area contributed by atoms with Gasteiger partial charge in [0.25, 0.3) is 5.91 Å². The zero-order valence-electron chi connectivity index (χ0n) is 40.6. The highest BCUT2D eigenvalue weighted by Crippen LogP contribution is 2.18. The number of aliphatic hydroxyl groups excluding tert-OH is 1. The van der Waals surface area contributed by atoms with Gasteiger partial charge in [0.15, 0.2) is 0 Å². The minimum atomic E-state index is -1.14. The number of carbonyl (C=O) groups excluding carboxylic acids is 6. The monoisotopic (exact) mass is 927 g/mol. The van der Waals surface area contributed by atoms with Crippen LogP contribution >= 0.6 is 0 Å². The summed E-state index contributed by atoms with van der Waals surface area (Å²) in [4.78, 5) is 86.2. The lowest BCUT2D eigenvalue weighted by Crippen LogP contribution is -2.55. The van der Waals surface area contributed by atoms with Crippen LogP contribution in [0.25, 0.3) is 0 Å². The van der Waals surface area contributed by atoms with Gasteiger partial charge in [0.2, 0.25) is 5.91 Å². The van der Waals surface area contributed by atoms with Gasteiger partial charge < -0.3 is 44.0 Å². The normalized spacial score (nSPS) is 14.3. The Morgan fingerprint density at radius 1 is 0.597 bits per heavy atom. The number of urea groups is 2. The van der Waals surface area contributed by atoms with Crippen molar-refractivity contribution in [2.24, 2.45) is 0 Å². The molecule has 0 spiro atoms. The van der Waals surface area contributed by atoms with Crippen molar-refractivity contribution in [1.82, 2.24) is 29.4 Å². The van der Waals surface area contributed by atoms with E-state index < -0.39 is 29.5 Å². The van der Waals surface area contributed by atoms with E-state index in [9.17, 15) is 33.9 Å². The zero-order chi connectivity index (χ0) is 49.1. The van der Waals surface area contributed by atoms with Gasteiger partial charge in [-0.2, -0.15) is 0 Å². The van der Waals surface area contributed by atoms with E-state index in [-0.39, 0.29) is 30.3 Å². The van der Waals surface area contributed by atoms with Crippen molar-refractivity contribution in [1.29, 1.82) is 0 Å². The van der Waals surface area contributed by atoms with Gasteiger partial charge in [0.1, 0.15) is 17.3 Å². The number of aliphatic hydroxyl groups is 1. The van der Waals surface area contributed by atoms with Crippen molar-refractivity contribution in [3.05, 3.63) is 59.7 Å². The third-order valence-corrected chi connectivity index (χ3v) is 10.7. The molecule has 1 unspecified atom stereocenters. The number of anilines is 2. The number of nitrogens with one attached hydrogen (secondary N) is 2. The van der Waals surface area contributed by atoms with Crippen LogP contribution in [0.15, 0.2) is 48.5 Å². The number of benzene rings is 2. The van der Waals surface area contributed by atoms with E-state index in [1.54, 1.807) is 104 Å². The summed E-state index contributed by atoms with van der Waals surface area (Å²) in [5, 5.41) is 16.0. The first-order valence-corrected chi connectivity index (χ1v) is 23.1. The Kier molecular flexibility index (Phi) is 20.2. The second-order valence-corrected chi connectivity index (χ2v) is 18.8. The van der Waals surface area contributed by atoms with Crippen LogP contribution in [-0.4, -0.2) is 154 Å². The van der Waals surface area contributed by atoms with Crippen LogP contribution in [-0.2, 0) is 32.2 Å². The molecule has 0 radical (unpaired) electrons. The Bertz CT molecular complexity index is 2110. The van der Waals surface area contributed by atoms with Gasteiger partial charge in [-0.3, -0.25) is 20.2 Å². The lowest BCUT2D eigenvalue weighted by atomic mass is 10.1. The Hall–Kier alpha value is -6.46. The van der Waals surface area contributed by atoms with Crippen molar-refractivity contribution in [2.75, 3.05) is 77.1 Å². The third-order valence-electron chi connectivity index (χ3n) is 10.7. The number of nitrogens with zero attached hydrogens (tertiary/aromatic N) is 6. The summed E-state index contributed by atoms with van der Waals surface area (Å²) in [7, 11) is 3.46. The summed E-state index contributed by atoms with van der Waals surface area (Å²) in [6.07, 6.45) is 1.61. The Labute approximate surface area is 396 Å². The summed E-state index contributed by atoms with van der Waals surface area (Å²) in [5.41, 5.74) is 1.79. The van der Waals surface area contributed by atoms with Crippen LogP contribution < -0.4 is 10.6 Å².